The predicted molar refractivity (Wildman–Crippen MR) is 63.9 cm³/mol. The molecular weight excluding hydrogens is 188 g/mol. The van der Waals surface area contributed by atoms with Gasteiger partial charge in [-0.05, 0) is 32.2 Å². The molecule has 0 saturated carbocycles. The van der Waals surface area contributed by atoms with Crippen LogP contribution >= 0.6 is 0 Å². The Hall–Kier alpha value is -0.120. The fourth-order valence-electron chi connectivity index (χ4n) is 2.48. The van der Waals surface area contributed by atoms with Crippen LogP contribution in [-0.2, 0) is 4.74 Å². The van der Waals surface area contributed by atoms with Crippen LogP contribution in [0, 0.1) is 5.92 Å². The lowest BCUT2D eigenvalue weighted by atomic mass is 9.90. The quantitative estimate of drug-likeness (QED) is 0.753. The van der Waals surface area contributed by atoms with Gasteiger partial charge in [0.1, 0.15) is 0 Å². The summed E-state index contributed by atoms with van der Waals surface area (Å²) >= 11 is 0. The summed E-state index contributed by atoms with van der Waals surface area (Å²) < 4.78 is 5.30. The molecule has 0 radical (unpaired) electrons. The van der Waals surface area contributed by atoms with Crippen molar-refractivity contribution in [2.24, 2.45) is 11.7 Å². The Morgan fingerprint density at radius 2 is 2.27 bits per heavy atom. The summed E-state index contributed by atoms with van der Waals surface area (Å²) in [5.41, 5.74) is 5.92. The fraction of sp³-hybridized carbons (Fsp3) is 1.00. The van der Waals surface area contributed by atoms with E-state index in [2.05, 4.69) is 18.7 Å². The van der Waals surface area contributed by atoms with Gasteiger partial charge in [0.05, 0.1) is 12.1 Å². The van der Waals surface area contributed by atoms with Gasteiger partial charge >= 0.3 is 0 Å². The Kier molecular flexibility index (Phi) is 5.03. The fourth-order valence-corrected chi connectivity index (χ4v) is 2.48. The molecule has 2 N–H and O–H groups in total. The first-order chi connectivity index (χ1) is 7.16. The molecule has 2 unspecified atom stereocenters. The van der Waals surface area contributed by atoms with Crippen molar-refractivity contribution in [1.82, 2.24) is 4.90 Å². The number of piperidine rings is 1. The van der Waals surface area contributed by atoms with Gasteiger partial charge < -0.3 is 10.5 Å². The van der Waals surface area contributed by atoms with Crippen LogP contribution in [0.3, 0.4) is 0 Å². The highest BCUT2D eigenvalue weighted by Crippen LogP contribution is 2.25. The molecular formula is C12H26N2O. The van der Waals surface area contributed by atoms with Crippen molar-refractivity contribution in [1.29, 1.82) is 0 Å². The van der Waals surface area contributed by atoms with Crippen molar-refractivity contribution in [2.45, 2.75) is 38.6 Å². The Morgan fingerprint density at radius 1 is 1.53 bits per heavy atom. The SMILES string of the molecule is CCC1CCCN(C(C)(CN)COC)C1. The lowest BCUT2D eigenvalue weighted by Crippen LogP contribution is -2.57. The van der Waals surface area contributed by atoms with E-state index in [9.17, 15) is 0 Å². The van der Waals surface area contributed by atoms with E-state index in [4.69, 9.17) is 10.5 Å². The molecule has 0 aliphatic carbocycles. The van der Waals surface area contributed by atoms with Gasteiger partial charge in [-0.2, -0.15) is 0 Å². The summed E-state index contributed by atoms with van der Waals surface area (Å²) in [5, 5.41) is 0. The van der Waals surface area contributed by atoms with Crippen LogP contribution in [0.5, 0.6) is 0 Å². The minimum atomic E-state index is 0.0303. The van der Waals surface area contributed by atoms with Gasteiger partial charge in [-0.1, -0.05) is 13.3 Å². The zero-order valence-electron chi connectivity index (χ0n) is 10.5. The number of nitrogens with zero attached hydrogens (tertiary/aromatic N) is 1. The van der Waals surface area contributed by atoms with Gasteiger partial charge in [0, 0.05) is 20.2 Å². The van der Waals surface area contributed by atoms with Gasteiger partial charge in [-0.3, -0.25) is 4.90 Å². The second kappa shape index (κ2) is 5.83. The molecule has 0 aromatic rings. The maximum atomic E-state index is 5.89. The lowest BCUT2D eigenvalue weighted by molar-refractivity contribution is 0.00103. The largest absolute Gasteiger partial charge is 0.383 e. The van der Waals surface area contributed by atoms with Crippen LogP contribution in [0.15, 0.2) is 0 Å². The Labute approximate surface area is 94.0 Å². The van der Waals surface area contributed by atoms with Crippen LogP contribution in [0.4, 0.5) is 0 Å². The van der Waals surface area contributed by atoms with Gasteiger partial charge in [0.15, 0.2) is 0 Å². The molecule has 0 amide bonds. The maximum absolute atomic E-state index is 5.89. The zero-order chi connectivity index (χ0) is 11.3. The van der Waals surface area contributed by atoms with Gasteiger partial charge in [0.25, 0.3) is 0 Å². The number of ether oxygens (including phenoxy) is 1. The highest BCUT2D eigenvalue weighted by atomic mass is 16.5. The molecule has 2 atom stereocenters. The van der Waals surface area contributed by atoms with Gasteiger partial charge in [0.2, 0.25) is 0 Å². The molecule has 1 fully saturated rings. The van der Waals surface area contributed by atoms with Crippen LogP contribution in [0.1, 0.15) is 33.1 Å². The highest BCUT2D eigenvalue weighted by Gasteiger charge is 2.33. The van der Waals surface area contributed by atoms with Crippen molar-refractivity contribution in [2.75, 3.05) is 33.4 Å². The first kappa shape index (κ1) is 12.9. The Morgan fingerprint density at radius 3 is 2.80 bits per heavy atom. The third-order valence-electron chi connectivity index (χ3n) is 3.75. The van der Waals surface area contributed by atoms with E-state index in [0.29, 0.717) is 6.54 Å². The monoisotopic (exact) mass is 214 g/mol. The van der Waals surface area contributed by atoms with Crippen molar-refractivity contribution in [3.63, 3.8) is 0 Å². The highest BCUT2D eigenvalue weighted by molar-refractivity contribution is 4.90. The second-order valence-corrected chi connectivity index (χ2v) is 5.00. The van der Waals surface area contributed by atoms with Crippen molar-refractivity contribution in [3.05, 3.63) is 0 Å². The van der Waals surface area contributed by atoms with E-state index in [1.165, 1.54) is 32.4 Å². The van der Waals surface area contributed by atoms with Crippen LogP contribution in [0.2, 0.25) is 0 Å². The number of hydrogen-bond donors (Lipinski definition) is 1. The average molecular weight is 214 g/mol. The van der Waals surface area contributed by atoms with Crippen molar-refractivity contribution < 1.29 is 4.74 Å². The molecule has 1 saturated heterocycles. The minimum absolute atomic E-state index is 0.0303. The van der Waals surface area contributed by atoms with E-state index in [1.807, 2.05) is 0 Å². The molecule has 0 aromatic carbocycles. The Bertz CT molecular complexity index is 186. The molecule has 3 nitrogen and oxygen atoms in total. The topological polar surface area (TPSA) is 38.5 Å². The zero-order valence-corrected chi connectivity index (χ0v) is 10.5. The first-order valence-electron chi connectivity index (χ1n) is 6.10. The first-order valence-corrected chi connectivity index (χ1v) is 6.10. The third-order valence-corrected chi connectivity index (χ3v) is 3.75. The van der Waals surface area contributed by atoms with E-state index in [0.717, 1.165) is 12.5 Å². The summed E-state index contributed by atoms with van der Waals surface area (Å²) in [5.74, 6) is 0.849. The molecule has 90 valence electrons. The Balaban J connectivity index is 2.58. The van der Waals surface area contributed by atoms with Crippen LogP contribution in [-0.4, -0.2) is 43.8 Å². The molecule has 1 aliphatic heterocycles. The summed E-state index contributed by atoms with van der Waals surface area (Å²) in [6.45, 7) is 8.27. The molecule has 15 heavy (non-hydrogen) atoms. The molecule has 0 bridgehead atoms. The smallest absolute Gasteiger partial charge is 0.0656 e. The van der Waals surface area contributed by atoms with E-state index < -0.39 is 0 Å². The van der Waals surface area contributed by atoms with E-state index in [1.54, 1.807) is 7.11 Å². The van der Waals surface area contributed by atoms with Crippen molar-refractivity contribution in [3.8, 4) is 0 Å². The number of methoxy groups -OCH3 is 1. The summed E-state index contributed by atoms with van der Waals surface area (Å²) in [6.07, 6.45) is 3.96. The maximum Gasteiger partial charge on any atom is 0.0656 e. The molecule has 3 heteroatoms. The number of hydrogen-bond acceptors (Lipinski definition) is 3. The average Bonchev–Trinajstić information content (AvgIpc) is 2.29. The normalized spacial score (nSPS) is 27.6. The minimum Gasteiger partial charge on any atom is -0.383 e. The third kappa shape index (κ3) is 3.16. The molecule has 1 aliphatic rings. The number of nitrogens with two attached hydrogens (primary N) is 1. The van der Waals surface area contributed by atoms with E-state index in [-0.39, 0.29) is 5.54 Å². The molecule has 1 rings (SSSR count). The summed E-state index contributed by atoms with van der Waals surface area (Å²) in [7, 11) is 1.76. The summed E-state index contributed by atoms with van der Waals surface area (Å²) in [6, 6.07) is 0. The van der Waals surface area contributed by atoms with Gasteiger partial charge in [-0.25, -0.2) is 0 Å². The molecule has 0 spiro atoms. The lowest BCUT2D eigenvalue weighted by Gasteiger charge is -2.44. The van der Waals surface area contributed by atoms with Crippen molar-refractivity contribution >= 4 is 0 Å². The predicted octanol–water partition coefficient (Wildman–Crippen LogP) is 1.47. The second-order valence-electron chi connectivity index (χ2n) is 5.00. The standard InChI is InChI=1S/C12H26N2O/c1-4-11-6-5-7-14(8-11)12(2,9-13)10-15-3/h11H,4-10,13H2,1-3H3. The van der Waals surface area contributed by atoms with Crippen LogP contribution < -0.4 is 5.73 Å². The number of rotatable bonds is 5. The van der Waals surface area contributed by atoms with Crippen LogP contribution in [0.25, 0.3) is 0 Å². The number of likely N-dealkylation sites (tertiary alicyclic amines) is 1. The molecule has 1 heterocycles. The van der Waals surface area contributed by atoms with E-state index >= 15 is 0 Å². The molecule has 0 aromatic heterocycles. The summed E-state index contributed by atoms with van der Waals surface area (Å²) in [4.78, 5) is 2.52. The van der Waals surface area contributed by atoms with Gasteiger partial charge in [-0.15, -0.1) is 0 Å².